The van der Waals surface area contributed by atoms with E-state index >= 15 is 0 Å². The van der Waals surface area contributed by atoms with E-state index in [-0.39, 0.29) is 0 Å². The van der Waals surface area contributed by atoms with Crippen molar-refractivity contribution in [1.82, 2.24) is 14.5 Å². The van der Waals surface area contributed by atoms with Gasteiger partial charge in [-0.1, -0.05) is 13.8 Å². The molecule has 0 saturated carbocycles. The number of hydrogen-bond donors (Lipinski definition) is 1. The maximum Gasteiger partial charge on any atom is 0.113 e. The number of aliphatic hydroxyl groups is 1. The predicted octanol–water partition coefficient (Wildman–Crippen LogP) is 2.66. The zero-order valence-corrected chi connectivity index (χ0v) is 10.9. The third-order valence-electron chi connectivity index (χ3n) is 2.97. The highest BCUT2D eigenvalue weighted by molar-refractivity contribution is 5.31. The average molecular weight is 245 g/mol. The molecule has 2 heterocycles. The molecule has 0 saturated heterocycles. The van der Waals surface area contributed by atoms with E-state index in [9.17, 15) is 5.11 Å². The maximum atomic E-state index is 9.71. The molecule has 0 bridgehead atoms. The van der Waals surface area contributed by atoms with Gasteiger partial charge < -0.3 is 9.67 Å². The van der Waals surface area contributed by atoms with Crippen molar-refractivity contribution in [2.24, 2.45) is 0 Å². The largest absolute Gasteiger partial charge is 0.387 e. The SMILES string of the molecule is CCCc1nccn1-c1ccc([C@H](O)CC)nc1. The first-order valence-electron chi connectivity index (χ1n) is 6.42. The smallest absolute Gasteiger partial charge is 0.113 e. The molecule has 2 rings (SSSR count). The third-order valence-corrected chi connectivity index (χ3v) is 2.97. The molecule has 0 aliphatic carbocycles. The summed E-state index contributed by atoms with van der Waals surface area (Å²) < 4.78 is 2.04. The quantitative estimate of drug-likeness (QED) is 0.881. The molecule has 2 aromatic rings. The molecule has 2 aromatic heterocycles. The van der Waals surface area contributed by atoms with Crippen molar-refractivity contribution in [3.63, 3.8) is 0 Å². The van der Waals surface area contributed by atoms with E-state index in [0.29, 0.717) is 6.42 Å². The molecule has 0 amide bonds. The van der Waals surface area contributed by atoms with Crippen LogP contribution in [-0.2, 0) is 6.42 Å². The second-order valence-corrected chi connectivity index (χ2v) is 4.33. The summed E-state index contributed by atoms with van der Waals surface area (Å²) in [7, 11) is 0. The van der Waals surface area contributed by atoms with Gasteiger partial charge in [-0.3, -0.25) is 4.98 Å². The van der Waals surface area contributed by atoms with E-state index < -0.39 is 6.10 Å². The molecular weight excluding hydrogens is 226 g/mol. The van der Waals surface area contributed by atoms with Gasteiger partial charge >= 0.3 is 0 Å². The first-order valence-corrected chi connectivity index (χ1v) is 6.42. The number of imidazole rings is 1. The molecule has 0 aliphatic rings. The van der Waals surface area contributed by atoms with Gasteiger partial charge in [0.2, 0.25) is 0 Å². The van der Waals surface area contributed by atoms with Crippen molar-refractivity contribution in [3.8, 4) is 5.69 Å². The van der Waals surface area contributed by atoms with Gasteiger partial charge in [-0.25, -0.2) is 4.98 Å². The van der Waals surface area contributed by atoms with Crippen LogP contribution in [0.4, 0.5) is 0 Å². The minimum absolute atomic E-state index is 0.475. The zero-order chi connectivity index (χ0) is 13.0. The Morgan fingerprint density at radius 1 is 1.28 bits per heavy atom. The predicted molar refractivity (Wildman–Crippen MR) is 70.6 cm³/mol. The van der Waals surface area contributed by atoms with Crippen LogP contribution in [0.3, 0.4) is 0 Å². The van der Waals surface area contributed by atoms with Crippen LogP contribution in [0.25, 0.3) is 5.69 Å². The molecular formula is C14H19N3O. The Labute approximate surface area is 107 Å². The summed E-state index contributed by atoms with van der Waals surface area (Å²) in [5.41, 5.74) is 1.71. The fourth-order valence-electron chi connectivity index (χ4n) is 1.92. The maximum absolute atomic E-state index is 9.71. The van der Waals surface area contributed by atoms with Crippen LogP contribution in [0.2, 0.25) is 0 Å². The van der Waals surface area contributed by atoms with Gasteiger partial charge in [0.15, 0.2) is 0 Å². The lowest BCUT2D eigenvalue weighted by Gasteiger charge is -2.10. The molecule has 1 atom stereocenters. The van der Waals surface area contributed by atoms with Crippen molar-refractivity contribution in [2.45, 2.75) is 39.2 Å². The van der Waals surface area contributed by atoms with Gasteiger partial charge in [-0.2, -0.15) is 0 Å². The van der Waals surface area contributed by atoms with Crippen LogP contribution >= 0.6 is 0 Å². The fraction of sp³-hybridized carbons (Fsp3) is 0.429. The highest BCUT2D eigenvalue weighted by Crippen LogP contribution is 2.16. The highest BCUT2D eigenvalue weighted by atomic mass is 16.3. The van der Waals surface area contributed by atoms with E-state index in [1.54, 1.807) is 12.4 Å². The average Bonchev–Trinajstić information content (AvgIpc) is 2.87. The van der Waals surface area contributed by atoms with Gasteiger partial charge in [-0.05, 0) is 25.0 Å². The molecule has 0 spiro atoms. The Morgan fingerprint density at radius 2 is 2.11 bits per heavy atom. The highest BCUT2D eigenvalue weighted by Gasteiger charge is 2.08. The van der Waals surface area contributed by atoms with Gasteiger partial charge in [0, 0.05) is 18.8 Å². The standard InChI is InChI=1S/C14H19N3O/c1-3-5-14-15-8-9-17(14)11-6-7-12(16-10-11)13(18)4-2/h6-10,13,18H,3-5H2,1-2H3/t13-/m1/s1. The van der Waals surface area contributed by atoms with Crippen LogP contribution in [0.5, 0.6) is 0 Å². The number of hydrogen-bond acceptors (Lipinski definition) is 3. The first-order chi connectivity index (χ1) is 8.76. The molecule has 0 fully saturated rings. The summed E-state index contributed by atoms with van der Waals surface area (Å²) in [5, 5.41) is 9.71. The zero-order valence-electron chi connectivity index (χ0n) is 10.9. The molecule has 4 nitrogen and oxygen atoms in total. The van der Waals surface area contributed by atoms with Gasteiger partial charge in [0.25, 0.3) is 0 Å². The topological polar surface area (TPSA) is 50.9 Å². The van der Waals surface area contributed by atoms with Crippen molar-refractivity contribution >= 4 is 0 Å². The summed E-state index contributed by atoms with van der Waals surface area (Å²) in [5.74, 6) is 1.04. The molecule has 18 heavy (non-hydrogen) atoms. The normalized spacial score (nSPS) is 12.6. The number of nitrogens with zero attached hydrogens (tertiary/aromatic N) is 3. The Hall–Kier alpha value is -1.68. The fourth-order valence-corrected chi connectivity index (χ4v) is 1.92. The molecule has 4 heteroatoms. The lowest BCUT2D eigenvalue weighted by molar-refractivity contribution is 0.169. The molecule has 96 valence electrons. The van der Waals surface area contributed by atoms with Gasteiger partial charge in [0.1, 0.15) is 5.82 Å². The van der Waals surface area contributed by atoms with Crippen LogP contribution in [0.15, 0.2) is 30.7 Å². The number of rotatable bonds is 5. The van der Waals surface area contributed by atoms with Crippen LogP contribution < -0.4 is 0 Å². The Bertz CT molecular complexity index is 490. The monoisotopic (exact) mass is 245 g/mol. The number of pyridine rings is 1. The minimum atomic E-state index is -0.475. The third kappa shape index (κ3) is 2.59. The lowest BCUT2D eigenvalue weighted by Crippen LogP contribution is -2.03. The van der Waals surface area contributed by atoms with Crippen molar-refractivity contribution in [3.05, 3.63) is 42.2 Å². The Balaban J connectivity index is 2.26. The van der Waals surface area contributed by atoms with E-state index in [1.165, 1.54) is 0 Å². The van der Waals surface area contributed by atoms with Crippen molar-refractivity contribution < 1.29 is 5.11 Å². The van der Waals surface area contributed by atoms with E-state index in [0.717, 1.165) is 30.0 Å². The number of aromatic nitrogens is 3. The van der Waals surface area contributed by atoms with Gasteiger partial charge in [0.05, 0.1) is 23.7 Å². The van der Waals surface area contributed by atoms with Crippen molar-refractivity contribution in [2.75, 3.05) is 0 Å². The summed E-state index contributed by atoms with van der Waals surface area (Å²) in [4.78, 5) is 8.65. The summed E-state index contributed by atoms with van der Waals surface area (Å²) in [6, 6.07) is 3.85. The molecule has 0 radical (unpaired) electrons. The van der Waals surface area contributed by atoms with Crippen LogP contribution in [0.1, 0.15) is 44.3 Å². The summed E-state index contributed by atoms with van der Waals surface area (Å²) >= 11 is 0. The van der Waals surface area contributed by atoms with E-state index in [4.69, 9.17) is 0 Å². The summed E-state index contributed by atoms with van der Waals surface area (Å²) in [6.45, 7) is 4.08. The first kappa shape index (κ1) is 12.8. The second-order valence-electron chi connectivity index (χ2n) is 4.33. The van der Waals surface area contributed by atoms with E-state index in [2.05, 4.69) is 16.9 Å². The van der Waals surface area contributed by atoms with Crippen molar-refractivity contribution in [1.29, 1.82) is 0 Å². The second kappa shape index (κ2) is 5.78. The van der Waals surface area contributed by atoms with Crippen LogP contribution in [0, 0.1) is 0 Å². The molecule has 0 aliphatic heterocycles. The van der Waals surface area contributed by atoms with Gasteiger partial charge in [-0.15, -0.1) is 0 Å². The van der Waals surface area contributed by atoms with Crippen LogP contribution in [-0.4, -0.2) is 19.6 Å². The number of aryl methyl sites for hydroxylation is 1. The lowest BCUT2D eigenvalue weighted by atomic mass is 10.2. The minimum Gasteiger partial charge on any atom is -0.387 e. The Kier molecular flexibility index (Phi) is 4.10. The van der Waals surface area contributed by atoms with E-state index in [1.807, 2.05) is 29.8 Å². The molecule has 1 N–H and O–H groups in total. The summed E-state index contributed by atoms with van der Waals surface area (Å²) in [6.07, 6.45) is 7.76. The Morgan fingerprint density at radius 3 is 2.72 bits per heavy atom. The molecule has 0 unspecified atom stereocenters. The molecule has 0 aromatic carbocycles. The number of aliphatic hydroxyl groups excluding tert-OH is 1.